The van der Waals surface area contributed by atoms with E-state index in [9.17, 15) is 14.0 Å². The van der Waals surface area contributed by atoms with Gasteiger partial charge in [-0.25, -0.2) is 9.37 Å². The van der Waals surface area contributed by atoms with Gasteiger partial charge in [-0.05, 0) is 52.2 Å². The molecule has 184 valence electrons. The number of imidazole rings is 1. The van der Waals surface area contributed by atoms with Gasteiger partial charge in [0.25, 0.3) is 11.5 Å². The second kappa shape index (κ2) is 7.65. The maximum Gasteiger partial charge on any atom is 0.274 e. The van der Waals surface area contributed by atoms with Crippen LogP contribution >= 0.6 is 0 Å². The summed E-state index contributed by atoms with van der Waals surface area (Å²) in [5.41, 5.74) is 1.43. The Morgan fingerprint density at radius 1 is 1.34 bits per heavy atom. The Hall–Kier alpha value is -3.20. The third kappa shape index (κ3) is 3.73. The maximum atomic E-state index is 13.5. The number of amides is 1. The predicted octanol–water partition coefficient (Wildman–Crippen LogP) is 4.03. The van der Waals surface area contributed by atoms with E-state index in [-0.39, 0.29) is 28.4 Å². The second-order valence-electron chi connectivity index (χ2n) is 10.7. The molecule has 9 heteroatoms. The first-order valence-corrected chi connectivity index (χ1v) is 12.2. The van der Waals surface area contributed by atoms with Crippen molar-refractivity contribution in [3.8, 4) is 5.75 Å². The Morgan fingerprint density at radius 3 is 2.77 bits per heavy atom. The molecule has 0 spiro atoms. The number of carbonyl (C=O) groups is 1. The molecule has 3 aliphatic rings. The van der Waals surface area contributed by atoms with E-state index in [1.807, 2.05) is 24.4 Å². The first-order valence-electron chi connectivity index (χ1n) is 12.2. The van der Waals surface area contributed by atoms with E-state index in [0.29, 0.717) is 24.4 Å². The largest absolute Gasteiger partial charge is 0.490 e. The molecule has 4 heterocycles. The van der Waals surface area contributed by atoms with Crippen molar-refractivity contribution in [2.45, 2.75) is 75.8 Å². The summed E-state index contributed by atoms with van der Waals surface area (Å²) in [6.07, 6.45) is 7.31. The standard InChI is InChI=1S/C26H29FN4O4/c1-15(2)35-20-10-22-29-21(26-7-6-25(3,13-26)34-14-26)12-30(22)11-16(20)23(32)28-18-5-4-8-31(24(18)33)19-9-17(19)27/h4-5,8,10-12,15,17,19H,6-7,9,13-14H2,1-3H3,(H,28,32)/t17-,19+,25-,26-/m0/s1. The van der Waals surface area contributed by atoms with Crippen LogP contribution in [0.4, 0.5) is 10.1 Å². The average Bonchev–Trinajstić information content (AvgIpc) is 3.12. The smallest absolute Gasteiger partial charge is 0.274 e. The fourth-order valence-electron chi connectivity index (χ4n) is 5.54. The Kier molecular flexibility index (Phi) is 4.87. The van der Waals surface area contributed by atoms with Crippen LogP contribution in [0.3, 0.4) is 0 Å². The quantitative estimate of drug-likeness (QED) is 0.576. The molecule has 3 aromatic rings. The van der Waals surface area contributed by atoms with Crippen molar-refractivity contribution >= 4 is 17.2 Å². The van der Waals surface area contributed by atoms with Crippen LogP contribution in [0, 0.1) is 0 Å². The summed E-state index contributed by atoms with van der Waals surface area (Å²) in [7, 11) is 0. The number of anilines is 1. The van der Waals surface area contributed by atoms with Crippen molar-refractivity contribution in [2.75, 3.05) is 11.9 Å². The van der Waals surface area contributed by atoms with E-state index in [0.717, 1.165) is 25.0 Å². The summed E-state index contributed by atoms with van der Waals surface area (Å²) >= 11 is 0. The summed E-state index contributed by atoms with van der Waals surface area (Å²) in [6.45, 7) is 6.58. The van der Waals surface area contributed by atoms with Gasteiger partial charge in [0.2, 0.25) is 0 Å². The zero-order valence-corrected chi connectivity index (χ0v) is 20.1. The molecule has 3 fully saturated rings. The molecule has 1 amide bonds. The molecule has 1 saturated heterocycles. The number of rotatable bonds is 6. The highest BCUT2D eigenvalue weighted by Gasteiger charge is 2.55. The molecule has 4 atom stereocenters. The highest BCUT2D eigenvalue weighted by Crippen LogP contribution is 2.53. The summed E-state index contributed by atoms with van der Waals surface area (Å²) in [6, 6.07) is 4.47. The van der Waals surface area contributed by atoms with Crippen molar-refractivity contribution < 1.29 is 18.7 Å². The number of hydrogen-bond donors (Lipinski definition) is 1. The zero-order valence-electron chi connectivity index (χ0n) is 20.1. The van der Waals surface area contributed by atoms with Crippen LogP contribution in [-0.2, 0) is 10.2 Å². The van der Waals surface area contributed by atoms with E-state index < -0.39 is 23.7 Å². The number of carbonyl (C=O) groups excluding carboxylic acids is 1. The van der Waals surface area contributed by atoms with E-state index in [1.54, 1.807) is 24.5 Å². The normalized spacial score (nSPS) is 29.2. The lowest BCUT2D eigenvalue weighted by atomic mass is 9.84. The molecule has 3 aromatic heterocycles. The number of nitrogens with one attached hydrogen (secondary N) is 1. The van der Waals surface area contributed by atoms with E-state index >= 15 is 0 Å². The Morgan fingerprint density at radius 2 is 2.14 bits per heavy atom. The molecule has 8 nitrogen and oxygen atoms in total. The predicted molar refractivity (Wildman–Crippen MR) is 128 cm³/mol. The lowest BCUT2D eigenvalue weighted by Gasteiger charge is -2.24. The minimum absolute atomic E-state index is 0.0853. The fraction of sp³-hybridized carbons (Fsp3) is 0.500. The SMILES string of the molecule is CC(C)Oc1cc2nc([C@@]34CC[C@@](C)(C3)OC4)cn2cc1C(=O)Nc1cccn([C@@H]2C[C@@H]2F)c1=O. The van der Waals surface area contributed by atoms with Crippen molar-refractivity contribution in [3.63, 3.8) is 0 Å². The second-order valence-corrected chi connectivity index (χ2v) is 10.7. The van der Waals surface area contributed by atoms with Gasteiger partial charge in [0, 0.05) is 36.5 Å². The fourth-order valence-corrected chi connectivity index (χ4v) is 5.54. The maximum absolute atomic E-state index is 13.5. The number of nitrogens with zero attached hydrogens (tertiary/aromatic N) is 3. The van der Waals surface area contributed by atoms with E-state index in [1.165, 1.54) is 10.6 Å². The van der Waals surface area contributed by atoms with Crippen LogP contribution in [0.15, 0.2) is 41.6 Å². The summed E-state index contributed by atoms with van der Waals surface area (Å²) < 4.78 is 28.7. The van der Waals surface area contributed by atoms with Gasteiger partial charge in [-0.1, -0.05) is 0 Å². The van der Waals surface area contributed by atoms with Gasteiger partial charge in [0.1, 0.15) is 23.3 Å². The summed E-state index contributed by atoms with van der Waals surface area (Å²) in [5, 5.41) is 2.71. The third-order valence-electron chi connectivity index (χ3n) is 7.51. The van der Waals surface area contributed by atoms with Gasteiger partial charge >= 0.3 is 0 Å². The molecule has 2 aliphatic carbocycles. The van der Waals surface area contributed by atoms with Gasteiger partial charge < -0.3 is 23.8 Å². The molecule has 1 aliphatic heterocycles. The average molecular weight is 481 g/mol. The Labute approximate surface area is 202 Å². The van der Waals surface area contributed by atoms with Crippen LogP contribution in [0.5, 0.6) is 5.75 Å². The van der Waals surface area contributed by atoms with E-state index in [4.69, 9.17) is 14.5 Å². The zero-order chi connectivity index (χ0) is 24.5. The molecule has 0 unspecified atom stereocenters. The lowest BCUT2D eigenvalue weighted by Crippen LogP contribution is -2.26. The van der Waals surface area contributed by atoms with E-state index in [2.05, 4.69) is 12.2 Å². The number of pyridine rings is 2. The van der Waals surface area contributed by atoms with Gasteiger partial charge in [-0.15, -0.1) is 0 Å². The molecule has 2 bridgehead atoms. The van der Waals surface area contributed by atoms with Crippen LogP contribution < -0.4 is 15.6 Å². The lowest BCUT2D eigenvalue weighted by molar-refractivity contribution is -0.00627. The first-order chi connectivity index (χ1) is 16.7. The number of hydrogen-bond acceptors (Lipinski definition) is 5. The number of aromatic nitrogens is 3. The molecule has 0 radical (unpaired) electrons. The summed E-state index contributed by atoms with van der Waals surface area (Å²) in [4.78, 5) is 31.0. The minimum atomic E-state index is -1.02. The molecule has 6 rings (SSSR count). The topological polar surface area (TPSA) is 86.9 Å². The van der Waals surface area contributed by atoms with Gasteiger partial charge in [-0.3, -0.25) is 9.59 Å². The van der Waals surface area contributed by atoms with Crippen molar-refractivity contribution in [1.29, 1.82) is 0 Å². The van der Waals surface area contributed by atoms with Crippen LogP contribution in [0.1, 0.15) is 68.5 Å². The first kappa shape index (κ1) is 22.3. The monoisotopic (exact) mass is 480 g/mol. The van der Waals surface area contributed by atoms with Crippen LogP contribution in [-0.4, -0.2) is 44.3 Å². The van der Waals surface area contributed by atoms with Crippen molar-refractivity contribution in [2.24, 2.45) is 0 Å². The molecular weight excluding hydrogens is 451 g/mol. The highest BCUT2D eigenvalue weighted by molar-refractivity contribution is 6.06. The Bertz CT molecular complexity index is 1390. The third-order valence-corrected chi connectivity index (χ3v) is 7.51. The minimum Gasteiger partial charge on any atom is -0.490 e. The molecule has 1 N–H and O–H groups in total. The van der Waals surface area contributed by atoms with Crippen LogP contribution in [0.25, 0.3) is 5.65 Å². The van der Waals surface area contributed by atoms with Gasteiger partial charge in [0.05, 0.1) is 35.6 Å². The number of halogens is 1. The van der Waals surface area contributed by atoms with Crippen molar-refractivity contribution in [1.82, 2.24) is 14.0 Å². The number of alkyl halides is 1. The highest BCUT2D eigenvalue weighted by atomic mass is 19.1. The number of ether oxygens (including phenoxy) is 2. The van der Waals surface area contributed by atoms with Crippen LogP contribution in [0.2, 0.25) is 0 Å². The molecular formula is C26H29FN4O4. The molecule has 35 heavy (non-hydrogen) atoms. The molecule has 2 saturated carbocycles. The summed E-state index contributed by atoms with van der Waals surface area (Å²) in [5.74, 6) is -0.0862. The van der Waals surface area contributed by atoms with Gasteiger partial charge in [0.15, 0.2) is 0 Å². The molecule has 0 aromatic carbocycles. The number of fused-ring (bicyclic) bond motifs is 3. The van der Waals surface area contributed by atoms with Gasteiger partial charge in [-0.2, -0.15) is 0 Å². The Balaban J connectivity index is 1.35. The van der Waals surface area contributed by atoms with Crippen molar-refractivity contribution in [3.05, 3.63) is 58.4 Å².